The molecule has 0 fully saturated rings. The molecular formula is C17H16N2O4. The third-order valence-corrected chi connectivity index (χ3v) is 3.39. The number of nitrogens with zero attached hydrogens (tertiary/aromatic N) is 1. The minimum Gasteiger partial charge on any atom is -0.494 e. The number of aromatic nitrogens is 1. The lowest BCUT2D eigenvalue weighted by Gasteiger charge is -2.04. The van der Waals surface area contributed by atoms with Crippen molar-refractivity contribution in [3.05, 3.63) is 48.4 Å². The molecule has 0 radical (unpaired) electrons. The predicted octanol–water partition coefficient (Wildman–Crippen LogP) is 3.30. The van der Waals surface area contributed by atoms with Gasteiger partial charge in [-0.1, -0.05) is 12.1 Å². The number of hydrogen-bond acceptors (Lipinski definition) is 6. The summed E-state index contributed by atoms with van der Waals surface area (Å²) in [7, 11) is 2.90. The highest BCUT2D eigenvalue weighted by Gasteiger charge is 2.11. The summed E-state index contributed by atoms with van der Waals surface area (Å²) < 4.78 is 14.9. The highest BCUT2D eigenvalue weighted by atomic mass is 16.5. The number of benzene rings is 2. The first-order valence-electron chi connectivity index (χ1n) is 7.04. The van der Waals surface area contributed by atoms with E-state index < -0.39 is 0 Å². The molecule has 2 heterocycles. The normalized spacial score (nSPS) is 10.9. The van der Waals surface area contributed by atoms with Crippen LogP contribution in [-0.2, 0) is 16.0 Å². The van der Waals surface area contributed by atoms with Crippen LogP contribution in [-0.4, -0.2) is 25.2 Å². The summed E-state index contributed by atoms with van der Waals surface area (Å²) in [5.74, 6) is 0.283. The first-order chi connectivity index (χ1) is 11.2. The van der Waals surface area contributed by atoms with Crippen molar-refractivity contribution in [2.45, 2.75) is 6.42 Å². The highest BCUT2D eigenvalue weighted by Crippen LogP contribution is 2.36. The molecule has 0 spiro atoms. The van der Waals surface area contributed by atoms with Crippen LogP contribution in [0.1, 0.15) is 5.56 Å². The van der Waals surface area contributed by atoms with Gasteiger partial charge in [0, 0.05) is 0 Å². The molecular weight excluding hydrogens is 296 g/mol. The Kier molecular flexibility index (Phi) is 4.14. The van der Waals surface area contributed by atoms with Crippen LogP contribution in [0.25, 0.3) is 11.1 Å². The van der Waals surface area contributed by atoms with Gasteiger partial charge in [-0.05, 0) is 29.8 Å². The summed E-state index contributed by atoms with van der Waals surface area (Å²) in [6.07, 6.45) is 1.53. The molecule has 6 heteroatoms. The summed E-state index contributed by atoms with van der Waals surface area (Å²) in [6, 6.07) is 11.7. The molecule has 0 bridgehead atoms. The molecule has 0 amide bonds. The van der Waals surface area contributed by atoms with Crippen LogP contribution >= 0.6 is 0 Å². The molecule has 3 aromatic rings. The van der Waals surface area contributed by atoms with E-state index in [-0.39, 0.29) is 12.4 Å². The molecule has 1 N–H and O–H groups in total. The van der Waals surface area contributed by atoms with Gasteiger partial charge in [0.15, 0.2) is 17.5 Å². The van der Waals surface area contributed by atoms with E-state index in [1.54, 1.807) is 19.2 Å². The Balaban J connectivity index is 0.000000183. The molecule has 1 aliphatic rings. The Bertz CT molecular complexity index is 820. The number of oxazole rings is 1. The molecule has 0 saturated heterocycles. The predicted molar refractivity (Wildman–Crippen MR) is 86.0 cm³/mol. The topological polar surface area (TPSA) is 83.5 Å². The molecule has 0 atom stereocenters. The van der Waals surface area contributed by atoms with Crippen molar-refractivity contribution >= 4 is 28.4 Å². The first-order valence-corrected chi connectivity index (χ1v) is 7.04. The molecule has 118 valence electrons. The van der Waals surface area contributed by atoms with Crippen LogP contribution in [0.4, 0.5) is 11.4 Å². The molecule has 0 saturated carbocycles. The second-order valence-corrected chi connectivity index (χ2v) is 4.92. The molecule has 1 aliphatic heterocycles. The van der Waals surface area contributed by atoms with E-state index in [9.17, 15) is 4.79 Å². The van der Waals surface area contributed by atoms with E-state index in [0.717, 1.165) is 5.56 Å². The molecule has 0 unspecified atom stereocenters. The van der Waals surface area contributed by atoms with Crippen LogP contribution < -0.4 is 10.1 Å². The average molecular weight is 312 g/mol. The molecule has 0 aliphatic carbocycles. The van der Waals surface area contributed by atoms with Crippen LogP contribution in [0, 0.1) is 0 Å². The largest absolute Gasteiger partial charge is 0.494 e. The van der Waals surface area contributed by atoms with Crippen molar-refractivity contribution in [2.75, 3.05) is 19.5 Å². The number of carbonyl (C=O) groups excluding carboxylic acids is 1. The number of nitrogens with one attached hydrogen (secondary N) is 1. The minimum atomic E-state index is -0.305. The minimum absolute atomic E-state index is 0.184. The zero-order valence-electron chi connectivity index (χ0n) is 12.8. The SMILES string of the molecule is COC(=O)Cc1cc(OC)c2ncoc2c1.c1ccc2c(c1)N2. The van der Waals surface area contributed by atoms with E-state index >= 15 is 0 Å². The fourth-order valence-electron chi connectivity index (χ4n) is 2.17. The van der Waals surface area contributed by atoms with Gasteiger partial charge in [-0.15, -0.1) is 0 Å². The van der Waals surface area contributed by atoms with Gasteiger partial charge < -0.3 is 19.2 Å². The quantitative estimate of drug-likeness (QED) is 0.461. The van der Waals surface area contributed by atoms with E-state index in [0.29, 0.717) is 16.8 Å². The number of hydrogen-bond donors (Lipinski definition) is 1. The van der Waals surface area contributed by atoms with E-state index in [2.05, 4.69) is 27.2 Å². The molecule has 6 nitrogen and oxygen atoms in total. The Morgan fingerprint density at radius 2 is 1.96 bits per heavy atom. The number of methoxy groups -OCH3 is 2. The van der Waals surface area contributed by atoms with E-state index in [4.69, 9.17) is 9.15 Å². The lowest BCUT2D eigenvalue weighted by Crippen LogP contribution is -2.04. The number of esters is 1. The van der Waals surface area contributed by atoms with Gasteiger partial charge in [0.2, 0.25) is 0 Å². The second kappa shape index (κ2) is 6.39. The zero-order chi connectivity index (χ0) is 16.2. The summed E-state index contributed by atoms with van der Waals surface area (Å²) in [5.41, 5.74) is 4.58. The molecule has 4 rings (SSSR count). The number of carbonyl (C=O) groups is 1. The van der Waals surface area contributed by atoms with Gasteiger partial charge in [0.1, 0.15) is 5.75 Å². The van der Waals surface area contributed by atoms with Crippen LogP contribution in [0.2, 0.25) is 0 Å². The van der Waals surface area contributed by atoms with Crippen molar-refractivity contribution in [2.24, 2.45) is 0 Å². The summed E-state index contributed by atoms with van der Waals surface area (Å²) in [5, 5.41) is 3.09. The molecule has 2 aromatic carbocycles. The maximum absolute atomic E-state index is 11.1. The fraction of sp³-hybridized carbons (Fsp3) is 0.176. The Hall–Kier alpha value is -3.02. The second-order valence-electron chi connectivity index (χ2n) is 4.92. The summed E-state index contributed by atoms with van der Waals surface area (Å²) in [4.78, 5) is 15.2. The van der Waals surface area contributed by atoms with E-state index in [1.807, 2.05) is 12.1 Å². The highest BCUT2D eigenvalue weighted by molar-refractivity contribution is 5.89. The average Bonchev–Trinajstić information content (AvgIpc) is 3.22. The van der Waals surface area contributed by atoms with Gasteiger partial charge in [-0.3, -0.25) is 4.79 Å². The Morgan fingerprint density at radius 1 is 1.22 bits per heavy atom. The number of anilines is 2. The molecule has 23 heavy (non-hydrogen) atoms. The van der Waals surface area contributed by atoms with Gasteiger partial charge >= 0.3 is 5.97 Å². The standard InChI is InChI=1S/C11H11NO4.C6H5N/c1-14-8-3-7(5-10(13)15-2)4-9-11(8)12-6-16-9;1-2-4-6-5(3-1)7-6/h3-4,6H,5H2,1-2H3;1-4,7H. The van der Waals surface area contributed by atoms with Crippen LogP contribution in [0.15, 0.2) is 47.2 Å². The summed E-state index contributed by atoms with van der Waals surface area (Å²) >= 11 is 0. The lowest BCUT2D eigenvalue weighted by atomic mass is 10.1. The number of ether oxygens (including phenoxy) is 2. The zero-order valence-corrected chi connectivity index (χ0v) is 12.8. The smallest absolute Gasteiger partial charge is 0.309 e. The fourth-order valence-corrected chi connectivity index (χ4v) is 2.17. The number of rotatable bonds is 3. The van der Waals surface area contributed by atoms with Gasteiger partial charge in [0.25, 0.3) is 0 Å². The van der Waals surface area contributed by atoms with Crippen molar-refractivity contribution in [1.82, 2.24) is 4.98 Å². The maximum Gasteiger partial charge on any atom is 0.309 e. The Labute approximate surface area is 133 Å². The van der Waals surface area contributed by atoms with Crippen LogP contribution in [0.3, 0.4) is 0 Å². The monoisotopic (exact) mass is 312 g/mol. The van der Waals surface area contributed by atoms with Gasteiger partial charge in [-0.2, -0.15) is 0 Å². The third-order valence-electron chi connectivity index (χ3n) is 3.39. The number of fused-ring (bicyclic) bond motifs is 2. The van der Waals surface area contributed by atoms with Crippen LogP contribution in [0.5, 0.6) is 5.75 Å². The lowest BCUT2D eigenvalue weighted by molar-refractivity contribution is -0.139. The first kappa shape index (κ1) is 14.9. The van der Waals surface area contributed by atoms with Crippen molar-refractivity contribution in [1.29, 1.82) is 0 Å². The third kappa shape index (κ3) is 3.42. The maximum atomic E-state index is 11.1. The van der Waals surface area contributed by atoms with Crippen molar-refractivity contribution in [3.63, 3.8) is 0 Å². The number of para-hydroxylation sites is 2. The summed E-state index contributed by atoms with van der Waals surface area (Å²) in [6.45, 7) is 0. The van der Waals surface area contributed by atoms with Gasteiger partial charge in [0.05, 0.1) is 32.0 Å². The van der Waals surface area contributed by atoms with Crippen molar-refractivity contribution < 1.29 is 18.7 Å². The van der Waals surface area contributed by atoms with E-state index in [1.165, 1.54) is 24.9 Å². The molecule has 1 aromatic heterocycles. The Morgan fingerprint density at radius 3 is 2.57 bits per heavy atom. The van der Waals surface area contributed by atoms with Crippen molar-refractivity contribution in [3.8, 4) is 5.75 Å². The van der Waals surface area contributed by atoms with Gasteiger partial charge in [-0.25, -0.2) is 4.98 Å².